The van der Waals surface area contributed by atoms with Gasteiger partial charge in [0, 0.05) is 25.5 Å². The van der Waals surface area contributed by atoms with Crippen LogP contribution >= 0.6 is 24.8 Å². The number of hydrogen-bond donors (Lipinski definition) is 2. The van der Waals surface area contributed by atoms with Gasteiger partial charge in [0.25, 0.3) is 5.91 Å². The summed E-state index contributed by atoms with van der Waals surface area (Å²) in [5.74, 6) is 1.44. The van der Waals surface area contributed by atoms with Crippen LogP contribution in [0.25, 0.3) is 0 Å². The number of piperidine rings is 1. The Morgan fingerprint density at radius 3 is 2.63 bits per heavy atom. The Kier molecular flexibility index (Phi) is 10.1. The van der Waals surface area contributed by atoms with Crippen LogP contribution in [0, 0.1) is 5.92 Å². The largest absolute Gasteiger partial charge is 0.352 e. The minimum absolute atomic E-state index is 0. The second kappa shape index (κ2) is 11.8. The molecular formula is C20H28Cl2N4O. The summed E-state index contributed by atoms with van der Waals surface area (Å²) in [5.41, 5.74) is 1.67. The number of nitrogens with zero attached hydrogens (tertiary/aromatic N) is 2. The average Bonchev–Trinajstić information content (AvgIpc) is 2.69. The highest BCUT2D eigenvalue weighted by Crippen LogP contribution is 2.21. The third-order valence-electron chi connectivity index (χ3n) is 4.73. The molecule has 1 aromatic heterocycles. The minimum Gasteiger partial charge on any atom is -0.352 e. The zero-order chi connectivity index (χ0) is 17.5. The van der Waals surface area contributed by atoms with Crippen molar-refractivity contribution in [3.05, 3.63) is 54.2 Å². The van der Waals surface area contributed by atoms with Crippen molar-refractivity contribution in [2.75, 3.05) is 31.6 Å². The summed E-state index contributed by atoms with van der Waals surface area (Å²) in [6.07, 6.45) is 5.16. The van der Waals surface area contributed by atoms with E-state index in [1.165, 1.54) is 12.8 Å². The Hall–Kier alpha value is -1.82. The number of benzene rings is 1. The van der Waals surface area contributed by atoms with Crippen molar-refractivity contribution < 1.29 is 4.79 Å². The summed E-state index contributed by atoms with van der Waals surface area (Å²) in [6, 6.07) is 13.8. The predicted molar refractivity (Wildman–Crippen MR) is 116 cm³/mol. The summed E-state index contributed by atoms with van der Waals surface area (Å²) < 4.78 is 0. The van der Waals surface area contributed by atoms with Crippen LogP contribution in [0.5, 0.6) is 0 Å². The Bertz CT molecular complexity index is 676. The van der Waals surface area contributed by atoms with Crippen LogP contribution in [-0.2, 0) is 0 Å². The third-order valence-corrected chi connectivity index (χ3v) is 4.73. The van der Waals surface area contributed by atoms with E-state index in [-0.39, 0.29) is 30.7 Å². The Balaban J connectivity index is 0.00000182. The van der Waals surface area contributed by atoms with Crippen molar-refractivity contribution in [2.45, 2.75) is 19.3 Å². The highest BCUT2D eigenvalue weighted by Gasteiger charge is 2.13. The standard InChI is InChI=1S/C20H26N4O.2ClH/c1-24(18-7-3-2-4-8-18)19-10-9-17(15-23-19)20(25)22-13-11-16-6-5-12-21-14-16;;/h2-4,7-10,15-16,21H,5-6,11-14H2,1H3,(H,22,25);2*1H. The molecule has 0 aliphatic carbocycles. The first-order valence-electron chi connectivity index (χ1n) is 8.98. The minimum atomic E-state index is -0.0508. The maximum absolute atomic E-state index is 12.3. The van der Waals surface area contributed by atoms with E-state index in [1.54, 1.807) is 6.20 Å². The summed E-state index contributed by atoms with van der Waals surface area (Å²) in [4.78, 5) is 18.7. The number of hydrogen-bond acceptors (Lipinski definition) is 4. The van der Waals surface area contributed by atoms with Crippen molar-refractivity contribution in [3.8, 4) is 0 Å². The number of nitrogens with one attached hydrogen (secondary N) is 2. The van der Waals surface area contributed by atoms with Gasteiger partial charge >= 0.3 is 0 Å². The Labute approximate surface area is 173 Å². The summed E-state index contributed by atoms with van der Waals surface area (Å²) in [5, 5.41) is 6.41. The van der Waals surface area contributed by atoms with Crippen molar-refractivity contribution in [2.24, 2.45) is 5.92 Å². The normalized spacial score (nSPS) is 15.8. The fraction of sp³-hybridized carbons (Fsp3) is 0.400. The SMILES string of the molecule is CN(c1ccccc1)c1ccc(C(=O)NCCC2CCCNC2)cn1.Cl.Cl. The second-order valence-corrected chi connectivity index (χ2v) is 6.56. The Morgan fingerprint density at radius 1 is 1.22 bits per heavy atom. The third kappa shape index (κ3) is 6.69. The first-order valence-corrected chi connectivity index (χ1v) is 8.98. The van der Waals surface area contributed by atoms with E-state index in [4.69, 9.17) is 0 Å². The smallest absolute Gasteiger partial charge is 0.252 e. The summed E-state index contributed by atoms with van der Waals surface area (Å²) in [6.45, 7) is 2.91. The van der Waals surface area contributed by atoms with Crippen LogP contribution in [0.2, 0.25) is 0 Å². The summed E-state index contributed by atoms with van der Waals surface area (Å²) >= 11 is 0. The van der Waals surface area contributed by atoms with Crippen molar-refractivity contribution in [1.29, 1.82) is 0 Å². The van der Waals surface area contributed by atoms with Gasteiger partial charge in [-0.05, 0) is 62.5 Å². The number of anilines is 2. The molecule has 5 nitrogen and oxygen atoms in total. The molecule has 27 heavy (non-hydrogen) atoms. The van der Waals surface area contributed by atoms with Gasteiger partial charge in [0.1, 0.15) is 5.82 Å². The molecule has 1 aromatic carbocycles. The molecule has 3 rings (SSSR count). The van der Waals surface area contributed by atoms with Crippen molar-refractivity contribution in [3.63, 3.8) is 0 Å². The number of halogens is 2. The number of carbonyl (C=O) groups excluding carboxylic acids is 1. The molecular weight excluding hydrogens is 383 g/mol. The molecule has 1 atom stereocenters. The number of aromatic nitrogens is 1. The molecule has 2 aromatic rings. The van der Waals surface area contributed by atoms with E-state index in [1.807, 2.05) is 54.4 Å². The molecule has 2 heterocycles. The molecule has 1 aliphatic heterocycles. The second-order valence-electron chi connectivity index (χ2n) is 6.56. The van der Waals surface area contributed by atoms with Gasteiger partial charge in [-0.15, -0.1) is 24.8 Å². The number of pyridine rings is 1. The van der Waals surface area contributed by atoms with Gasteiger partial charge in [-0.2, -0.15) is 0 Å². The highest BCUT2D eigenvalue weighted by molar-refractivity contribution is 5.94. The van der Waals surface area contributed by atoms with Crippen molar-refractivity contribution >= 4 is 42.2 Å². The van der Waals surface area contributed by atoms with Gasteiger partial charge in [0.2, 0.25) is 0 Å². The molecule has 2 N–H and O–H groups in total. The fourth-order valence-electron chi connectivity index (χ4n) is 3.16. The molecule has 7 heteroatoms. The quantitative estimate of drug-likeness (QED) is 0.759. The maximum Gasteiger partial charge on any atom is 0.252 e. The van der Waals surface area contributed by atoms with E-state index in [2.05, 4.69) is 15.6 Å². The lowest BCUT2D eigenvalue weighted by molar-refractivity contribution is 0.0950. The van der Waals surface area contributed by atoms with E-state index in [0.717, 1.165) is 37.6 Å². The molecule has 0 saturated carbocycles. The van der Waals surface area contributed by atoms with Crippen LogP contribution in [0.3, 0.4) is 0 Å². The van der Waals surface area contributed by atoms with E-state index in [9.17, 15) is 4.79 Å². The first-order chi connectivity index (χ1) is 12.2. The maximum atomic E-state index is 12.3. The zero-order valence-electron chi connectivity index (χ0n) is 15.6. The van der Waals surface area contributed by atoms with E-state index < -0.39 is 0 Å². The zero-order valence-corrected chi connectivity index (χ0v) is 17.2. The molecule has 0 spiro atoms. The Morgan fingerprint density at radius 2 is 2.00 bits per heavy atom. The highest BCUT2D eigenvalue weighted by atomic mass is 35.5. The van der Waals surface area contributed by atoms with Crippen LogP contribution in [-0.4, -0.2) is 37.6 Å². The molecule has 1 unspecified atom stereocenters. The van der Waals surface area contributed by atoms with Gasteiger partial charge in [0.05, 0.1) is 5.56 Å². The van der Waals surface area contributed by atoms with E-state index in [0.29, 0.717) is 11.5 Å². The van der Waals surface area contributed by atoms with Crippen LogP contribution < -0.4 is 15.5 Å². The van der Waals surface area contributed by atoms with Gasteiger partial charge in [0.15, 0.2) is 0 Å². The summed E-state index contributed by atoms with van der Waals surface area (Å²) in [7, 11) is 1.97. The lowest BCUT2D eigenvalue weighted by Gasteiger charge is -2.22. The molecule has 1 saturated heterocycles. The molecule has 0 radical (unpaired) electrons. The van der Waals surface area contributed by atoms with Crippen LogP contribution in [0.4, 0.5) is 11.5 Å². The van der Waals surface area contributed by atoms with Gasteiger partial charge in [-0.25, -0.2) is 4.98 Å². The first kappa shape index (κ1) is 23.2. The average molecular weight is 411 g/mol. The fourth-order valence-corrected chi connectivity index (χ4v) is 3.16. The molecule has 148 valence electrons. The molecule has 1 aliphatic rings. The van der Waals surface area contributed by atoms with Gasteiger partial charge in [-0.3, -0.25) is 4.79 Å². The van der Waals surface area contributed by atoms with E-state index >= 15 is 0 Å². The predicted octanol–water partition coefficient (Wildman–Crippen LogP) is 3.81. The number of amides is 1. The van der Waals surface area contributed by atoms with Crippen molar-refractivity contribution in [1.82, 2.24) is 15.6 Å². The van der Waals surface area contributed by atoms with Crippen LogP contribution in [0.1, 0.15) is 29.6 Å². The molecule has 1 amide bonds. The lowest BCUT2D eigenvalue weighted by Crippen LogP contribution is -2.33. The van der Waals surface area contributed by atoms with Gasteiger partial charge < -0.3 is 15.5 Å². The topological polar surface area (TPSA) is 57.3 Å². The number of rotatable bonds is 6. The lowest BCUT2D eigenvalue weighted by atomic mass is 9.96. The molecule has 1 fully saturated rings. The van der Waals surface area contributed by atoms with Gasteiger partial charge in [-0.1, -0.05) is 18.2 Å². The number of para-hydroxylation sites is 1. The molecule has 0 bridgehead atoms. The van der Waals surface area contributed by atoms with Crippen LogP contribution in [0.15, 0.2) is 48.7 Å². The number of carbonyl (C=O) groups is 1. The monoisotopic (exact) mass is 410 g/mol.